The number of hydrogen-bond donors (Lipinski definition) is 3. The number of aromatic nitrogens is 2. The molecule has 8 heteroatoms. The van der Waals surface area contributed by atoms with Gasteiger partial charge in [-0.2, -0.15) is 0 Å². The Hall–Kier alpha value is -1.41. The van der Waals surface area contributed by atoms with Gasteiger partial charge < -0.3 is 10.7 Å². The minimum absolute atomic E-state index is 0.136. The Morgan fingerprint density at radius 1 is 1.48 bits per heavy atom. The summed E-state index contributed by atoms with van der Waals surface area (Å²) in [7, 11) is -3.67. The van der Waals surface area contributed by atoms with E-state index in [0.29, 0.717) is 22.8 Å². The maximum absolute atomic E-state index is 12.4. The van der Waals surface area contributed by atoms with E-state index in [0.717, 1.165) is 0 Å². The first-order chi connectivity index (χ1) is 9.97. The molecule has 0 aliphatic carbocycles. The zero-order valence-corrected chi connectivity index (χ0v) is 13.1. The molecule has 0 saturated carbocycles. The molecule has 1 aromatic carbocycles. The Labute approximate surface area is 128 Å². The number of benzene rings is 1. The second-order valence-corrected chi connectivity index (χ2v) is 6.64. The molecular formula is C13H17ClN4O2S. The van der Waals surface area contributed by atoms with Crippen molar-refractivity contribution in [2.75, 3.05) is 0 Å². The SMILES string of the molecule is CCC(NS(=O)(=O)c1ccc(Cl)c(CN)c1)c1ncc[nH]1. The van der Waals surface area contributed by atoms with Crippen LogP contribution in [0, 0.1) is 0 Å². The van der Waals surface area contributed by atoms with Crippen LogP contribution < -0.4 is 10.5 Å². The smallest absolute Gasteiger partial charge is 0.241 e. The molecule has 0 aliphatic heterocycles. The molecule has 1 heterocycles. The highest BCUT2D eigenvalue weighted by Gasteiger charge is 2.22. The van der Waals surface area contributed by atoms with E-state index in [1.807, 2.05) is 6.92 Å². The van der Waals surface area contributed by atoms with Crippen LogP contribution >= 0.6 is 11.6 Å². The van der Waals surface area contributed by atoms with Gasteiger partial charge in [-0.15, -0.1) is 0 Å². The minimum Gasteiger partial charge on any atom is -0.347 e. The van der Waals surface area contributed by atoms with Gasteiger partial charge in [0.25, 0.3) is 0 Å². The van der Waals surface area contributed by atoms with Crippen LogP contribution in [-0.2, 0) is 16.6 Å². The Morgan fingerprint density at radius 3 is 2.81 bits per heavy atom. The Balaban J connectivity index is 2.29. The van der Waals surface area contributed by atoms with E-state index in [2.05, 4.69) is 14.7 Å². The predicted molar refractivity (Wildman–Crippen MR) is 81.3 cm³/mol. The lowest BCUT2D eigenvalue weighted by Gasteiger charge is -2.15. The average molecular weight is 329 g/mol. The number of aromatic amines is 1. The summed E-state index contributed by atoms with van der Waals surface area (Å²) in [6.07, 6.45) is 3.81. The lowest BCUT2D eigenvalue weighted by Crippen LogP contribution is -2.29. The zero-order valence-electron chi connectivity index (χ0n) is 11.5. The quantitative estimate of drug-likeness (QED) is 0.754. The van der Waals surface area contributed by atoms with Crippen molar-refractivity contribution in [2.24, 2.45) is 5.73 Å². The van der Waals surface area contributed by atoms with E-state index in [1.165, 1.54) is 18.2 Å². The topological polar surface area (TPSA) is 101 Å². The molecule has 2 rings (SSSR count). The molecule has 0 spiro atoms. The van der Waals surface area contributed by atoms with Gasteiger partial charge in [0.15, 0.2) is 0 Å². The summed E-state index contributed by atoms with van der Waals surface area (Å²) in [5.74, 6) is 0.578. The van der Waals surface area contributed by atoms with Crippen LogP contribution in [0.5, 0.6) is 0 Å². The third-order valence-electron chi connectivity index (χ3n) is 3.10. The Morgan fingerprint density at radius 2 is 2.24 bits per heavy atom. The van der Waals surface area contributed by atoms with Gasteiger partial charge in [0.1, 0.15) is 5.82 Å². The van der Waals surface area contributed by atoms with Gasteiger partial charge in [-0.3, -0.25) is 0 Å². The van der Waals surface area contributed by atoms with Crippen LogP contribution in [0.3, 0.4) is 0 Å². The summed E-state index contributed by atoms with van der Waals surface area (Å²) in [5.41, 5.74) is 6.14. The number of imidazole rings is 1. The second-order valence-electron chi connectivity index (χ2n) is 4.51. The zero-order chi connectivity index (χ0) is 15.5. The van der Waals surface area contributed by atoms with Crippen LogP contribution in [0.1, 0.15) is 30.8 Å². The van der Waals surface area contributed by atoms with Gasteiger partial charge in [0.05, 0.1) is 10.9 Å². The number of hydrogen-bond acceptors (Lipinski definition) is 4. The highest BCUT2D eigenvalue weighted by molar-refractivity contribution is 7.89. The first kappa shape index (κ1) is 16.0. The maximum Gasteiger partial charge on any atom is 0.241 e. The summed E-state index contributed by atoms with van der Waals surface area (Å²) < 4.78 is 27.5. The van der Waals surface area contributed by atoms with Crippen molar-refractivity contribution >= 4 is 21.6 Å². The lowest BCUT2D eigenvalue weighted by atomic mass is 10.2. The molecule has 114 valence electrons. The van der Waals surface area contributed by atoms with E-state index in [4.69, 9.17) is 17.3 Å². The summed E-state index contributed by atoms with van der Waals surface area (Å²) in [5, 5.41) is 0.453. The second kappa shape index (κ2) is 6.57. The number of nitrogens with one attached hydrogen (secondary N) is 2. The molecule has 0 radical (unpaired) electrons. The Kier molecular flexibility index (Phi) is 5.00. The van der Waals surface area contributed by atoms with Gasteiger partial charge >= 0.3 is 0 Å². The molecule has 2 aromatic rings. The summed E-state index contributed by atoms with van der Waals surface area (Å²) >= 11 is 5.95. The lowest BCUT2D eigenvalue weighted by molar-refractivity contribution is 0.539. The number of sulfonamides is 1. The molecule has 1 aromatic heterocycles. The molecule has 1 unspecified atom stereocenters. The normalized spacial score (nSPS) is 13.3. The van der Waals surface area contributed by atoms with Crippen molar-refractivity contribution in [3.05, 3.63) is 47.0 Å². The molecule has 0 amide bonds. The third-order valence-corrected chi connectivity index (χ3v) is 4.94. The fourth-order valence-corrected chi connectivity index (χ4v) is 3.46. The van der Waals surface area contributed by atoms with Crippen molar-refractivity contribution in [3.8, 4) is 0 Å². The first-order valence-electron chi connectivity index (χ1n) is 6.48. The summed E-state index contributed by atoms with van der Waals surface area (Å²) in [6.45, 7) is 2.06. The fraction of sp³-hybridized carbons (Fsp3) is 0.308. The van der Waals surface area contributed by atoms with Crippen molar-refractivity contribution < 1.29 is 8.42 Å². The largest absolute Gasteiger partial charge is 0.347 e. The van der Waals surface area contributed by atoms with Crippen LogP contribution in [0.15, 0.2) is 35.5 Å². The van der Waals surface area contributed by atoms with Crippen molar-refractivity contribution in [3.63, 3.8) is 0 Å². The van der Waals surface area contributed by atoms with E-state index in [-0.39, 0.29) is 11.4 Å². The summed E-state index contributed by atoms with van der Waals surface area (Å²) in [6, 6.07) is 4.06. The summed E-state index contributed by atoms with van der Waals surface area (Å²) in [4.78, 5) is 7.14. The van der Waals surface area contributed by atoms with Crippen molar-refractivity contribution in [1.29, 1.82) is 0 Å². The van der Waals surface area contributed by atoms with Gasteiger partial charge in [-0.05, 0) is 30.2 Å². The minimum atomic E-state index is -3.67. The number of H-pyrrole nitrogens is 1. The standard InChI is InChI=1S/C13H17ClN4O2S/c1-2-12(13-16-5-6-17-13)18-21(19,20)10-3-4-11(14)9(7-10)8-15/h3-7,12,18H,2,8,15H2,1H3,(H,16,17). The van der Waals surface area contributed by atoms with E-state index < -0.39 is 16.1 Å². The van der Waals surface area contributed by atoms with Gasteiger partial charge in [0, 0.05) is 24.0 Å². The molecule has 0 fully saturated rings. The Bertz CT molecular complexity index is 701. The van der Waals surface area contributed by atoms with Crippen LogP contribution in [0.4, 0.5) is 0 Å². The number of halogens is 1. The van der Waals surface area contributed by atoms with Crippen LogP contribution in [-0.4, -0.2) is 18.4 Å². The monoisotopic (exact) mass is 328 g/mol. The van der Waals surface area contributed by atoms with Crippen LogP contribution in [0.2, 0.25) is 5.02 Å². The molecule has 0 saturated heterocycles. The number of nitrogens with two attached hydrogens (primary N) is 1. The fourth-order valence-electron chi connectivity index (χ4n) is 1.93. The van der Waals surface area contributed by atoms with E-state index in [9.17, 15) is 8.42 Å². The molecule has 0 bridgehead atoms. The predicted octanol–water partition coefficient (Wildman–Crippen LogP) is 1.95. The molecule has 21 heavy (non-hydrogen) atoms. The van der Waals surface area contributed by atoms with Gasteiger partial charge in [0.2, 0.25) is 10.0 Å². The van der Waals surface area contributed by atoms with E-state index >= 15 is 0 Å². The third kappa shape index (κ3) is 3.62. The molecule has 6 nitrogen and oxygen atoms in total. The van der Waals surface area contributed by atoms with Crippen LogP contribution in [0.25, 0.3) is 0 Å². The highest BCUT2D eigenvalue weighted by atomic mass is 35.5. The first-order valence-corrected chi connectivity index (χ1v) is 8.34. The molecule has 4 N–H and O–H groups in total. The van der Waals surface area contributed by atoms with E-state index in [1.54, 1.807) is 12.4 Å². The molecular weight excluding hydrogens is 312 g/mol. The number of nitrogens with zero attached hydrogens (tertiary/aromatic N) is 1. The molecule has 0 aliphatic rings. The van der Waals surface area contributed by atoms with Gasteiger partial charge in [-0.25, -0.2) is 18.1 Å². The highest BCUT2D eigenvalue weighted by Crippen LogP contribution is 2.22. The average Bonchev–Trinajstić information content (AvgIpc) is 2.99. The van der Waals surface area contributed by atoms with Crippen molar-refractivity contribution in [1.82, 2.24) is 14.7 Å². The molecule has 1 atom stereocenters. The maximum atomic E-state index is 12.4. The van der Waals surface area contributed by atoms with Crippen molar-refractivity contribution in [2.45, 2.75) is 30.8 Å². The van der Waals surface area contributed by atoms with Gasteiger partial charge in [-0.1, -0.05) is 18.5 Å². The number of rotatable bonds is 6.